The number of methoxy groups -OCH3 is 1. The molecule has 1 aliphatic heterocycles. The minimum absolute atomic E-state index is 0.00417. The summed E-state index contributed by atoms with van der Waals surface area (Å²) in [6.07, 6.45) is 2.26. The third kappa shape index (κ3) is 2.52. The van der Waals surface area contributed by atoms with Gasteiger partial charge in [-0.15, -0.1) is 0 Å². The van der Waals surface area contributed by atoms with Crippen LogP contribution in [0.3, 0.4) is 0 Å². The smallest absolute Gasteiger partial charge is 0.255 e. The summed E-state index contributed by atoms with van der Waals surface area (Å²) in [6, 6.07) is 3.41. The number of aliphatic hydroxyl groups is 1. The molecule has 0 radical (unpaired) electrons. The van der Waals surface area contributed by atoms with Crippen LogP contribution in [0.25, 0.3) is 0 Å². The Kier molecular flexibility index (Phi) is 3.93. The lowest BCUT2D eigenvalue weighted by molar-refractivity contribution is 0.0647. The molecule has 0 spiro atoms. The molecule has 5 nitrogen and oxygen atoms in total. The standard InChI is InChI=1S/C13H18N2O3/c1-9-3-4-10(6-14-9)13(17)15-7-12(18-2)5-11(15)8-16/h3-4,6,11-12,16H,5,7-8H2,1-2H3/t11-,12+/m0/s1. The first-order chi connectivity index (χ1) is 8.65. The summed E-state index contributed by atoms with van der Waals surface area (Å²) < 4.78 is 5.26. The van der Waals surface area contributed by atoms with Gasteiger partial charge in [-0.05, 0) is 25.5 Å². The highest BCUT2D eigenvalue weighted by Gasteiger charge is 2.35. The number of aryl methyl sites for hydroxylation is 1. The largest absolute Gasteiger partial charge is 0.394 e. The van der Waals surface area contributed by atoms with Crippen LogP contribution >= 0.6 is 0 Å². The highest BCUT2D eigenvalue weighted by atomic mass is 16.5. The highest BCUT2D eigenvalue weighted by Crippen LogP contribution is 2.21. The van der Waals surface area contributed by atoms with E-state index in [9.17, 15) is 9.90 Å². The molecule has 0 saturated carbocycles. The van der Waals surface area contributed by atoms with Crippen molar-refractivity contribution in [2.75, 3.05) is 20.3 Å². The second kappa shape index (κ2) is 5.46. The monoisotopic (exact) mass is 250 g/mol. The normalized spacial score (nSPS) is 23.4. The van der Waals surface area contributed by atoms with Gasteiger partial charge >= 0.3 is 0 Å². The first-order valence-electron chi connectivity index (χ1n) is 6.03. The van der Waals surface area contributed by atoms with Crippen LogP contribution in [0.1, 0.15) is 22.5 Å². The summed E-state index contributed by atoms with van der Waals surface area (Å²) in [7, 11) is 1.63. The Balaban J connectivity index is 2.15. The molecular weight excluding hydrogens is 232 g/mol. The second-order valence-electron chi connectivity index (χ2n) is 4.58. The average molecular weight is 250 g/mol. The number of rotatable bonds is 3. The Labute approximate surface area is 106 Å². The van der Waals surface area contributed by atoms with Crippen LogP contribution in [0.15, 0.2) is 18.3 Å². The van der Waals surface area contributed by atoms with Crippen molar-refractivity contribution < 1.29 is 14.6 Å². The molecule has 1 N–H and O–H groups in total. The molecule has 5 heteroatoms. The van der Waals surface area contributed by atoms with Gasteiger partial charge in [0.05, 0.1) is 24.3 Å². The number of hydrogen-bond acceptors (Lipinski definition) is 4. The third-order valence-electron chi connectivity index (χ3n) is 3.34. The Bertz CT molecular complexity index is 419. The molecule has 18 heavy (non-hydrogen) atoms. The number of likely N-dealkylation sites (tertiary alicyclic amines) is 1. The molecule has 2 heterocycles. The topological polar surface area (TPSA) is 62.7 Å². The van der Waals surface area contributed by atoms with Crippen LogP contribution < -0.4 is 0 Å². The quantitative estimate of drug-likeness (QED) is 0.854. The molecule has 2 atom stereocenters. The summed E-state index contributed by atoms with van der Waals surface area (Å²) >= 11 is 0. The average Bonchev–Trinajstić information content (AvgIpc) is 2.82. The molecule has 1 aromatic rings. The van der Waals surface area contributed by atoms with Gasteiger partial charge in [0.15, 0.2) is 0 Å². The van der Waals surface area contributed by atoms with E-state index in [4.69, 9.17) is 4.74 Å². The van der Waals surface area contributed by atoms with E-state index >= 15 is 0 Å². The van der Waals surface area contributed by atoms with Crippen LogP contribution in [-0.2, 0) is 4.74 Å². The molecule has 0 bridgehead atoms. The fourth-order valence-electron chi connectivity index (χ4n) is 2.23. The zero-order valence-electron chi connectivity index (χ0n) is 10.7. The van der Waals surface area contributed by atoms with Gasteiger partial charge < -0.3 is 14.7 Å². The Morgan fingerprint density at radius 2 is 2.39 bits per heavy atom. The van der Waals surface area contributed by atoms with Crippen molar-refractivity contribution in [2.24, 2.45) is 0 Å². The number of nitrogens with zero attached hydrogens (tertiary/aromatic N) is 2. The molecule has 1 saturated heterocycles. The lowest BCUT2D eigenvalue weighted by Gasteiger charge is -2.22. The molecule has 1 fully saturated rings. The third-order valence-corrected chi connectivity index (χ3v) is 3.34. The minimum atomic E-state index is -0.163. The van der Waals surface area contributed by atoms with E-state index < -0.39 is 0 Å². The maximum absolute atomic E-state index is 12.3. The lowest BCUT2D eigenvalue weighted by atomic mass is 10.2. The van der Waals surface area contributed by atoms with Crippen LogP contribution in [-0.4, -0.2) is 53.3 Å². The van der Waals surface area contributed by atoms with E-state index in [2.05, 4.69) is 4.98 Å². The molecule has 2 rings (SSSR count). The lowest BCUT2D eigenvalue weighted by Crippen LogP contribution is -2.38. The van der Waals surface area contributed by atoms with E-state index in [1.807, 2.05) is 13.0 Å². The number of aromatic nitrogens is 1. The maximum atomic E-state index is 12.3. The van der Waals surface area contributed by atoms with Gasteiger partial charge in [-0.25, -0.2) is 0 Å². The molecule has 0 unspecified atom stereocenters. The Morgan fingerprint density at radius 1 is 1.61 bits per heavy atom. The maximum Gasteiger partial charge on any atom is 0.255 e. The van der Waals surface area contributed by atoms with Crippen molar-refractivity contribution in [3.8, 4) is 0 Å². The zero-order valence-corrected chi connectivity index (χ0v) is 10.7. The van der Waals surface area contributed by atoms with Gasteiger partial charge in [-0.3, -0.25) is 9.78 Å². The van der Waals surface area contributed by atoms with Crippen LogP contribution in [0.2, 0.25) is 0 Å². The van der Waals surface area contributed by atoms with Gasteiger partial charge in [0.2, 0.25) is 0 Å². The van der Waals surface area contributed by atoms with E-state index in [1.165, 1.54) is 0 Å². The number of aliphatic hydroxyl groups excluding tert-OH is 1. The first kappa shape index (κ1) is 13.0. The number of ether oxygens (including phenoxy) is 1. The van der Waals surface area contributed by atoms with Crippen molar-refractivity contribution in [1.82, 2.24) is 9.88 Å². The van der Waals surface area contributed by atoms with Crippen LogP contribution in [0, 0.1) is 6.92 Å². The summed E-state index contributed by atoms with van der Waals surface area (Å²) in [6.45, 7) is 2.36. The fraction of sp³-hybridized carbons (Fsp3) is 0.538. The van der Waals surface area contributed by atoms with Gasteiger partial charge in [0.1, 0.15) is 0 Å². The molecule has 1 aromatic heterocycles. The first-order valence-corrected chi connectivity index (χ1v) is 6.03. The van der Waals surface area contributed by atoms with Crippen molar-refractivity contribution in [3.05, 3.63) is 29.6 Å². The van der Waals surface area contributed by atoms with Gasteiger partial charge in [0.25, 0.3) is 5.91 Å². The highest BCUT2D eigenvalue weighted by molar-refractivity contribution is 5.94. The zero-order chi connectivity index (χ0) is 13.1. The number of hydrogen-bond donors (Lipinski definition) is 1. The second-order valence-corrected chi connectivity index (χ2v) is 4.58. The Morgan fingerprint density at radius 3 is 2.94 bits per heavy atom. The van der Waals surface area contributed by atoms with E-state index in [-0.39, 0.29) is 24.7 Å². The minimum Gasteiger partial charge on any atom is -0.394 e. The van der Waals surface area contributed by atoms with Crippen molar-refractivity contribution in [3.63, 3.8) is 0 Å². The molecule has 0 aromatic carbocycles. The van der Waals surface area contributed by atoms with Crippen LogP contribution in [0.5, 0.6) is 0 Å². The van der Waals surface area contributed by atoms with Crippen molar-refractivity contribution >= 4 is 5.91 Å². The van der Waals surface area contributed by atoms with Gasteiger partial charge in [-0.1, -0.05) is 0 Å². The van der Waals surface area contributed by atoms with Crippen molar-refractivity contribution in [2.45, 2.75) is 25.5 Å². The van der Waals surface area contributed by atoms with E-state index in [0.29, 0.717) is 18.5 Å². The van der Waals surface area contributed by atoms with Gasteiger partial charge in [0, 0.05) is 25.5 Å². The SMILES string of the molecule is CO[C@@H]1C[C@@H](CO)N(C(=O)c2ccc(C)nc2)C1. The number of carbonyl (C=O) groups is 1. The molecule has 1 amide bonds. The Hall–Kier alpha value is -1.46. The van der Waals surface area contributed by atoms with Gasteiger partial charge in [-0.2, -0.15) is 0 Å². The van der Waals surface area contributed by atoms with E-state index in [0.717, 1.165) is 5.69 Å². The predicted molar refractivity (Wildman–Crippen MR) is 66.3 cm³/mol. The number of amides is 1. The summed E-state index contributed by atoms with van der Waals surface area (Å²) in [4.78, 5) is 18.1. The summed E-state index contributed by atoms with van der Waals surface area (Å²) in [5, 5.41) is 9.32. The van der Waals surface area contributed by atoms with E-state index in [1.54, 1.807) is 24.3 Å². The predicted octanol–water partition coefficient (Wildman–Crippen LogP) is 0.612. The number of carbonyl (C=O) groups excluding carboxylic acids is 1. The molecule has 0 aliphatic carbocycles. The molecular formula is C13H18N2O3. The molecule has 1 aliphatic rings. The number of pyridine rings is 1. The fourth-order valence-corrected chi connectivity index (χ4v) is 2.23. The summed E-state index contributed by atoms with van der Waals surface area (Å²) in [5.41, 5.74) is 1.43. The summed E-state index contributed by atoms with van der Waals surface area (Å²) in [5.74, 6) is -0.0962. The van der Waals surface area contributed by atoms with Crippen molar-refractivity contribution in [1.29, 1.82) is 0 Å². The van der Waals surface area contributed by atoms with Crippen LogP contribution in [0.4, 0.5) is 0 Å². The molecule has 98 valence electrons.